The summed E-state index contributed by atoms with van der Waals surface area (Å²) in [4.78, 5) is 12.9. The van der Waals surface area contributed by atoms with Crippen LogP contribution >= 0.6 is 15.9 Å². The Morgan fingerprint density at radius 1 is 1.25 bits per heavy atom. The molecule has 0 spiro atoms. The van der Waals surface area contributed by atoms with E-state index in [0.29, 0.717) is 12.0 Å². The molecule has 124 valence electrons. The van der Waals surface area contributed by atoms with Crippen molar-refractivity contribution in [2.75, 3.05) is 0 Å². The van der Waals surface area contributed by atoms with E-state index in [1.54, 1.807) is 36.4 Å². The van der Waals surface area contributed by atoms with Crippen LogP contribution < -0.4 is 0 Å². The Kier molecular flexibility index (Phi) is 4.43. The largest absolute Gasteiger partial charge is 0.507 e. The van der Waals surface area contributed by atoms with Crippen molar-refractivity contribution in [3.8, 4) is 5.75 Å². The van der Waals surface area contributed by atoms with Gasteiger partial charge in [-0.15, -0.1) is 0 Å². The number of phenols is 1. The third-order valence-electron chi connectivity index (χ3n) is 4.08. The van der Waals surface area contributed by atoms with Crippen LogP contribution in [0.2, 0.25) is 0 Å². The Labute approximate surface area is 148 Å². The van der Waals surface area contributed by atoms with E-state index in [1.165, 1.54) is 12.1 Å². The Morgan fingerprint density at radius 2 is 1.92 bits per heavy atom. The molecule has 2 aromatic carbocycles. The van der Waals surface area contributed by atoms with Gasteiger partial charge in [0.1, 0.15) is 5.75 Å². The molecule has 2 N–H and O–H groups in total. The fraction of sp³-hybridized carbons (Fsp3) is 0.222. The molecule has 24 heavy (non-hydrogen) atoms. The molecule has 0 bridgehead atoms. The van der Waals surface area contributed by atoms with Crippen molar-refractivity contribution < 1.29 is 15.0 Å². The van der Waals surface area contributed by atoms with Crippen LogP contribution in [0.5, 0.6) is 5.75 Å². The molecule has 6 heteroatoms. The maximum Gasteiger partial charge on any atom is 0.280 e. The molecule has 0 saturated carbocycles. The first-order valence-electron chi connectivity index (χ1n) is 7.63. The van der Waals surface area contributed by atoms with Crippen molar-refractivity contribution in [3.63, 3.8) is 0 Å². The number of rotatable bonds is 3. The van der Waals surface area contributed by atoms with E-state index in [1.807, 2.05) is 6.92 Å². The Balaban J connectivity index is 2.05. The average Bonchev–Trinajstić information content (AvgIpc) is 2.93. The third-order valence-corrected chi connectivity index (χ3v) is 4.61. The molecule has 0 saturated heterocycles. The number of para-hydroxylation sites is 1. The van der Waals surface area contributed by atoms with Crippen molar-refractivity contribution in [1.29, 1.82) is 0 Å². The van der Waals surface area contributed by atoms with Gasteiger partial charge in [0.05, 0.1) is 5.56 Å². The third kappa shape index (κ3) is 2.83. The van der Waals surface area contributed by atoms with Gasteiger partial charge in [0.25, 0.3) is 5.91 Å². The topological polar surface area (TPSA) is 73.1 Å². The van der Waals surface area contributed by atoms with Crippen molar-refractivity contribution in [2.24, 2.45) is 5.10 Å². The Morgan fingerprint density at radius 3 is 2.54 bits per heavy atom. The van der Waals surface area contributed by atoms with Crippen LogP contribution in [0.15, 0.2) is 58.1 Å². The summed E-state index contributed by atoms with van der Waals surface area (Å²) in [7, 11) is 0. The fourth-order valence-electron chi connectivity index (χ4n) is 2.74. The molecule has 0 unspecified atom stereocenters. The number of carbonyl (C=O) groups excluding carboxylic acids is 1. The summed E-state index contributed by atoms with van der Waals surface area (Å²) in [6, 6.07) is 13.4. The lowest BCUT2D eigenvalue weighted by Crippen LogP contribution is -2.43. The van der Waals surface area contributed by atoms with Gasteiger partial charge >= 0.3 is 0 Å². The summed E-state index contributed by atoms with van der Waals surface area (Å²) in [6.45, 7) is 1.93. The second-order valence-corrected chi connectivity index (χ2v) is 6.57. The smallest absolute Gasteiger partial charge is 0.280 e. The lowest BCUT2D eigenvalue weighted by atomic mass is 9.96. The van der Waals surface area contributed by atoms with Gasteiger partial charge in [-0.2, -0.15) is 10.1 Å². The number of benzene rings is 2. The van der Waals surface area contributed by atoms with Gasteiger partial charge in [0, 0.05) is 22.2 Å². The number of nitrogens with zero attached hydrogens (tertiary/aromatic N) is 2. The highest BCUT2D eigenvalue weighted by molar-refractivity contribution is 9.10. The van der Waals surface area contributed by atoms with Crippen LogP contribution in [0.3, 0.4) is 0 Å². The van der Waals surface area contributed by atoms with E-state index in [9.17, 15) is 15.0 Å². The zero-order valence-electron chi connectivity index (χ0n) is 13.1. The van der Waals surface area contributed by atoms with E-state index >= 15 is 0 Å². The molecule has 1 heterocycles. The van der Waals surface area contributed by atoms with Gasteiger partial charge in [-0.1, -0.05) is 47.1 Å². The minimum absolute atomic E-state index is 0.106. The predicted octanol–water partition coefficient (Wildman–Crippen LogP) is 3.61. The van der Waals surface area contributed by atoms with E-state index in [4.69, 9.17) is 0 Å². The molecule has 5 nitrogen and oxygen atoms in total. The lowest BCUT2D eigenvalue weighted by molar-refractivity contribution is -0.0766. The maximum absolute atomic E-state index is 12.9. The minimum Gasteiger partial charge on any atom is -0.507 e. The molecule has 1 amide bonds. The van der Waals surface area contributed by atoms with Crippen LogP contribution in [0, 0.1) is 0 Å². The highest BCUT2D eigenvalue weighted by atomic mass is 79.9. The second-order valence-electron chi connectivity index (χ2n) is 5.65. The van der Waals surface area contributed by atoms with Crippen molar-refractivity contribution in [1.82, 2.24) is 5.01 Å². The van der Waals surface area contributed by atoms with E-state index in [0.717, 1.165) is 15.2 Å². The quantitative estimate of drug-likeness (QED) is 0.843. The number of halogens is 1. The molecule has 0 aliphatic carbocycles. The van der Waals surface area contributed by atoms with E-state index in [-0.39, 0.29) is 17.7 Å². The van der Waals surface area contributed by atoms with Crippen molar-refractivity contribution in [2.45, 2.75) is 25.5 Å². The van der Waals surface area contributed by atoms with E-state index < -0.39 is 11.6 Å². The lowest BCUT2D eigenvalue weighted by Gasteiger charge is -2.31. The summed E-state index contributed by atoms with van der Waals surface area (Å²) >= 11 is 3.36. The summed E-state index contributed by atoms with van der Waals surface area (Å²) < 4.78 is 0.878. The SMILES string of the molecule is CCC1=NN(C(=O)c2ccccc2O)[C@](O)(c2ccc(Br)cc2)C1. The molecule has 0 fully saturated rings. The molecule has 1 atom stereocenters. The number of hydrogen-bond acceptors (Lipinski definition) is 4. The molecule has 2 aromatic rings. The fourth-order valence-corrected chi connectivity index (χ4v) is 3.00. The number of amides is 1. The van der Waals surface area contributed by atoms with Crippen LogP contribution in [-0.4, -0.2) is 26.8 Å². The van der Waals surface area contributed by atoms with Crippen molar-refractivity contribution >= 4 is 27.5 Å². The van der Waals surface area contributed by atoms with Crippen LogP contribution in [-0.2, 0) is 5.72 Å². The van der Waals surface area contributed by atoms with Crippen LogP contribution in [0.1, 0.15) is 35.7 Å². The van der Waals surface area contributed by atoms with Crippen LogP contribution in [0.25, 0.3) is 0 Å². The highest BCUT2D eigenvalue weighted by Crippen LogP contribution is 2.38. The number of aromatic hydroxyl groups is 1. The monoisotopic (exact) mass is 388 g/mol. The first kappa shape index (κ1) is 16.7. The zero-order chi connectivity index (χ0) is 17.3. The maximum atomic E-state index is 12.9. The number of hydrogen-bond donors (Lipinski definition) is 2. The van der Waals surface area contributed by atoms with Gasteiger partial charge in [0.15, 0.2) is 5.72 Å². The summed E-state index contributed by atoms with van der Waals surface area (Å²) in [5, 5.41) is 26.6. The number of hydrazone groups is 1. The number of aliphatic hydroxyl groups is 1. The number of phenolic OH excluding ortho intramolecular Hbond substituents is 1. The van der Waals surface area contributed by atoms with Gasteiger partial charge < -0.3 is 10.2 Å². The summed E-state index contributed by atoms with van der Waals surface area (Å²) in [5.41, 5.74) is -0.161. The van der Waals surface area contributed by atoms with Crippen LogP contribution in [0.4, 0.5) is 0 Å². The Hall–Kier alpha value is -2.18. The van der Waals surface area contributed by atoms with Crippen molar-refractivity contribution in [3.05, 3.63) is 64.1 Å². The Bertz CT molecular complexity index is 804. The molecule has 0 aromatic heterocycles. The standard InChI is InChI=1S/C18H17BrN2O3/c1-2-14-11-18(24,12-7-9-13(19)10-8-12)21(20-14)17(23)15-5-3-4-6-16(15)22/h3-10,22,24H,2,11H2,1H3/t18-/m1/s1. The molecule has 1 aliphatic heterocycles. The summed E-state index contributed by atoms with van der Waals surface area (Å²) in [6.07, 6.45) is 0.869. The highest BCUT2D eigenvalue weighted by Gasteiger charge is 2.46. The summed E-state index contributed by atoms with van der Waals surface area (Å²) in [5.74, 6) is -0.678. The molecule has 3 rings (SSSR count). The minimum atomic E-state index is -1.56. The van der Waals surface area contributed by atoms with Gasteiger partial charge in [-0.3, -0.25) is 4.79 Å². The normalized spacial score (nSPS) is 20.1. The molecular weight excluding hydrogens is 372 g/mol. The second kappa shape index (κ2) is 6.37. The molecule has 0 radical (unpaired) electrons. The molecule has 1 aliphatic rings. The average molecular weight is 389 g/mol. The first-order valence-corrected chi connectivity index (χ1v) is 8.42. The number of carbonyl (C=O) groups is 1. The zero-order valence-corrected chi connectivity index (χ0v) is 14.7. The van der Waals surface area contributed by atoms with Gasteiger partial charge in [-0.25, -0.2) is 0 Å². The van der Waals surface area contributed by atoms with E-state index in [2.05, 4.69) is 21.0 Å². The molecular formula is C18H17BrN2O3. The first-order chi connectivity index (χ1) is 11.5. The predicted molar refractivity (Wildman–Crippen MR) is 94.7 cm³/mol. The van der Waals surface area contributed by atoms with Gasteiger partial charge in [-0.05, 0) is 30.7 Å². The van der Waals surface area contributed by atoms with Gasteiger partial charge in [0.2, 0.25) is 0 Å².